The first kappa shape index (κ1) is 63.1. The summed E-state index contributed by atoms with van der Waals surface area (Å²) < 4.78 is 17.4. The molecule has 5 nitrogen and oxygen atoms in total. The smallest absolute Gasteiger partial charge is 0.306 e. The number of carbonyl (C=O) groups excluding carboxylic acids is 2. The molecule has 0 aliphatic heterocycles. The van der Waals surface area contributed by atoms with Crippen molar-refractivity contribution in [2.45, 2.75) is 271 Å². The van der Waals surface area contributed by atoms with Gasteiger partial charge >= 0.3 is 11.9 Å². The third-order valence-corrected chi connectivity index (χ3v) is 11.9. The zero-order valence-corrected chi connectivity index (χ0v) is 43.7. The molecule has 0 saturated carbocycles. The predicted octanol–water partition coefficient (Wildman–Crippen LogP) is 19.2. The van der Waals surface area contributed by atoms with Crippen molar-refractivity contribution in [2.24, 2.45) is 0 Å². The summed E-state index contributed by atoms with van der Waals surface area (Å²) in [6, 6.07) is 0. The monoisotopic (exact) mass is 919 g/mol. The van der Waals surface area contributed by atoms with Crippen LogP contribution in [-0.2, 0) is 23.8 Å². The number of rotatable bonds is 51. The van der Waals surface area contributed by atoms with Crippen LogP contribution in [0.3, 0.4) is 0 Å². The molecule has 0 aliphatic carbocycles. The third kappa shape index (κ3) is 53.7. The summed E-state index contributed by atoms with van der Waals surface area (Å²) >= 11 is 0. The lowest BCUT2D eigenvalue weighted by molar-refractivity contribution is -0.163. The Morgan fingerprint density at radius 2 is 0.682 bits per heavy atom. The highest BCUT2D eigenvalue weighted by atomic mass is 16.6. The molecular weight excluding hydrogens is 813 g/mol. The van der Waals surface area contributed by atoms with Crippen LogP contribution in [0.1, 0.15) is 265 Å². The zero-order chi connectivity index (χ0) is 47.7. The van der Waals surface area contributed by atoms with E-state index in [0.29, 0.717) is 19.4 Å². The molecule has 1 atom stereocenters. The van der Waals surface area contributed by atoms with Crippen LogP contribution >= 0.6 is 0 Å². The summed E-state index contributed by atoms with van der Waals surface area (Å²) in [5.41, 5.74) is 0. The predicted molar refractivity (Wildman–Crippen MR) is 288 cm³/mol. The minimum atomic E-state index is -0.569. The number of hydrogen-bond acceptors (Lipinski definition) is 5. The molecule has 0 aromatic heterocycles. The number of carbonyl (C=O) groups is 2. The van der Waals surface area contributed by atoms with Gasteiger partial charge < -0.3 is 14.2 Å². The summed E-state index contributed by atoms with van der Waals surface area (Å²) in [5.74, 6) is -0.431. The maximum Gasteiger partial charge on any atom is 0.306 e. The van der Waals surface area contributed by atoms with E-state index in [1.165, 1.54) is 135 Å². The van der Waals surface area contributed by atoms with E-state index in [2.05, 4.69) is 106 Å². The average molecular weight is 920 g/mol. The zero-order valence-electron chi connectivity index (χ0n) is 43.7. The van der Waals surface area contributed by atoms with Crippen molar-refractivity contribution < 1.29 is 23.8 Å². The average Bonchev–Trinajstić information content (AvgIpc) is 3.32. The van der Waals surface area contributed by atoms with Gasteiger partial charge in [-0.15, -0.1) is 0 Å². The van der Waals surface area contributed by atoms with E-state index in [-0.39, 0.29) is 25.2 Å². The highest BCUT2D eigenvalue weighted by Crippen LogP contribution is 2.15. The number of allylic oxidation sites excluding steroid dienone is 14. The highest BCUT2D eigenvalue weighted by molar-refractivity contribution is 5.70. The van der Waals surface area contributed by atoms with Gasteiger partial charge in [0.2, 0.25) is 0 Å². The van der Waals surface area contributed by atoms with E-state index in [1.54, 1.807) is 0 Å². The lowest BCUT2D eigenvalue weighted by atomic mass is 10.0. The molecule has 0 rings (SSSR count). The number of ether oxygens (including phenoxy) is 3. The van der Waals surface area contributed by atoms with Gasteiger partial charge in [0.1, 0.15) is 6.61 Å². The first-order valence-corrected chi connectivity index (χ1v) is 28.1. The molecule has 0 aromatic carbocycles. The van der Waals surface area contributed by atoms with Gasteiger partial charge in [-0.2, -0.15) is 0 Å². The highest BCUT2D eigenvalue weighted by Gasteiger charge is 2.17. The molecule has 0 bridgehead atoms. The molecule has 1 unspecified atom stereocenters. The lowest BCUT2D eigenvalue weighted by Crippen LogP contribution is -2.30. The Kier molecular flexibility index (Phi) is 53.9. The lowest BCUT2D eigenvalue weighted by Gasteiger charge is -2.18. The molecule has 0 spiro atoms. The van der Waals surface area contributed by atoms with Gasteiger partial charge in [0, 0.05) is 19.4 Å². The molecule has 5 heteroatoms. The van der Waals surface area contributed by atoms with E-state index in [4.69, 9.17) is 14.2 Å². The Bertz CT molecular complexity index is 1220. The van der Waals surface area contributed by atoms with Gasteiger partial charge in [-0.05, 0) is 96.3 Å². The fraction of sp³-hybridized carbons (Fsp3) is 0.738. The largest absolute Gasteiger partial charge is 0.462 e. The summed E-state index contributed by atoms with van der Waals surface area (Å²) in [4.78, 5) is 25.5. The quantitative estimate of drug-likeness (QED) is 0.0346. The first-order valence-electron chi connectivity index (χ1n) is 28.1. The summed E-state index contributed by atoms with van der Waals surface area (Å²) in [5, 5.41) is 0. The van der Waals surface area contributed by atoms with Crippen LogP contribution in [0.5, 0.6) is 0 Å². The van der Waals surface area contributed by atoms with Crippen LogP contribution in [0.2, 0.25) is 0 Å². The summed E-state index contributed by atoms with van der Waals surface area (Å²) in [6.45, 7) is 7.60. The molecule has 0 fully saturated rings. The molecule has 0 aliphatic rings. The van der Waals surface area contributed by atoms with Gasteiger partial charge in [-0.1, -0.05) is 241 Å². The van der Waals surface area contributed by atoms with Gasteiger partial charge in [0.15, 0.2) is 6.10 Å². The van der Waals surface area contributed by atoms with Gasteiger partial charge in [-0.3, -0.25) is 9.59 Å². The van der Waals surface area contributed by atoms with E-state index < -0.39 is 6.10 Å². The fourth-order valence-corrected chi connectivity index (χ4v) is 7.74. The molecule has 380 valence electrons. The fourth-order valence-electron chi connectivity index (χ4n) is 7.74. The molecule has 0 aromatic rings. The van der Waals surface area contributed by atoms with Crippen LogP contribution in [0.15, 0.2) is 85.1 Å². The molecular formula is C61H106O5. The second-order valence-electron chi connectivity index (χ2n) is 18.5. The van der Waals surface area contributed by atoms with E-state index in [1.807, 2.05) is 0 Å². The van der Waals surface area contributed by atoms with Crippen LogP contribution in [0, 0.1) is 0 Å². The Morgan fingerprint density at radius 1 is 0.348 bits per heavy atom. The van der Waals surface area contributed by atoms with Crippen molar-refractivity contribution in [3.8, 4) is 0 Å². The summed E-state index contributed by atoms with van der Waals surface area (Å²) in [7, 11) is 0. The Hall–Kier alpha value is -2.92. The van der Waals surface area contributed by atoms with Crippen LogP contribution in [0.25, 0.3) is 0 Å². The number of esters is 2. The number of hydrogen-bond donors (Lipinski definition) is 0. The van der Waals surface area contributed by atoms with Crippen LogP contribution in [0.4, 0.5) is 0 Å². The Morgan fingerprint density at radius 3 is 1.12 bits per heavy atom. The Labute approximate surface area is 409 Å². The van der Waals surface area contributed by atoms with E-state index in [0.717, 1.165) is 96.3 Å². The molecule has 0 N–H and O–H groups in total. The maximum atomic E-state index is 12.8. The van der Waals surface area contributed by atoms with Crippen molar-refractivity contribution in [3.63, 3.8) is 0 Å². The van der Waals surface area contributed by atoms with Crippen molar-refractivity contribution >= 4 is 11.9 Å². The van der Waals surface area contributed by atoms with E-state index in [9.17, 15) is 9.59 Å². The molecule has 66 heavy (non-hydrogen) atoms. The van der Waals surface area contributed by atoms with Gasteiger partial charge in [0.25, 0.3) is 0 Å². The van der Waals surface area contributed by atoms with Crippen LogP contribution < -0.4 is 0 Å². The topological polar surface area (TPSA) is 61.8 Å². The second-order valence-corrected chi connectivity index (χ2v) is 18.5. The molecule has 0 heterocycles. The van der Waals surface area contributed by atoms with Crippen molar-refractivity contribution in [3.05, 3.63) is 85.1 Å². The minimum absolute atomic E-state index is 0.0612. The molecule has 0 amide bonds. The number of unbranched alkanes of at least 4 members (excludes halogenated alkanes) is 26. The standard InChI is InChI=1S/C61H106O5/c1-4-7-10-13-16-19-22-25-28-30-32-35-38-41-44-47-50-53-56-64-57-59(66-61(63)55-52-49-46-43-40-37-33-27-24-21-18-15-12-9-6-3)58-65-60(62)54-51-48-45-42-39-36-34-31-29-26-23-20-17-14-11-8-5-2/h7,10,16,18-19,21,25,27-28,32-33,35,41,44,59H,4-6,8-9,11-15,17,20,22-24,26,29-31,34,36-40,42-43,45-58H2,1-3H3/b10-7-,19-16-,21-18-,28-25-,33-27-,35-32-,44-41-. The van der Waals surface area contributed by atoms with Gasteiger partial charge in [0.05, 0.1) is 6.61 Å². The van der Waals surface area contributed by atoms with Gasteiger partial charge in [-0.25, -0.2) is 0 Å². The van der Waals surface area contributed by atoms with Crippen molar-refractivity contribution in [1.82, 2.24) is 0 Å². The minimum Gasteiger partial charge on any atom is -0.462 e. The molecule has 0 radical (unpaired) electrons. The second kappa shape index (κ2) is 56.4. The maximum absolute atomic E-state index is 12.8. The summed E-state index contributed by atoms with van der Waals surface area (Å²) in [6.07, 6.45) is 74.6. The first-order chi connectivity index (χ1) is 32.6. The third-order valence-electron chi connectivity index (χ3n) is 11.9. The van der Waals surface area contributed by atoms with Crippen LogP contribution in [-0.4, -0.2) is 37.9 Å². The van der Waals surface area contributed by atoms with Crippen molar-refractivity contribution in [1.29, 1.82) is 0 Å². The van der Waals surface area contributed by atoms with Crippen molar-refractivity contribution in [2.75, 3.05) is 19.8 Å². The van der Waals surface area contributed by atoms with E-state index >= 15 is 0 Å². The normalized spacial score (nSPS) is 12.8. The molecule has 0 saturated heterocycles. The Balaban J connectivity index is 4.36. The SMILES string of the molecule is CC/C=C\C/C=C\C/C=C\C/C=C\C/C=C\CCCCOCC(COC(=O)CCCCCCCCCCCCCCCCCCC)OC(=O)CCCCCCC/C=C\C/C=C\CCCCC.